The van der Waals surface area contributed by atoms with E-state index in [1.54, 1.807) is 37.5 Å². The number of hydrogen-bond acceptors (Lipinski definition) is 6. The minimum atomic E-state index is -0.537. The Bertz CT molecular complexity index is 1120. The van der Waals surface area contributed by atoms with Crippen molar-refractivity contribution in [1.29, 1.82) is 0 Å². The molecular weight excluding hydrogens is 372 g/mol. The molecule has 0 saturated carbocycles. The Kier molecular flexibility index (Phi) is 6.29. The van der Waals surface area contributed by atoms with Crippen LogP contribution in [0, 0.1) is 6.92 Å². The van der Waals surface area contributed by atoms with Gasteiger partial charge in [0.05, 0.1) is 19.4 Å². The molecule has 150 valence electrons. The van der Waals surface area contributed by atoms with Crippen LogP contribution in [-0.4, -0.2) is 29.1 Å². The Morgan fingerprint density at radius 2 is 2.00 bits per heavy atom. The zero-order valence-electron chi connectivity index (χ0n) is 16.5. The van der Waals surface area contributed by atoms with Crippen molar-refractivity contribution in [2.45, 2.75) is 20.5 Å². The van der Waals surface area contributed by atoms with E-state index in [0.29, 0.717) is 29.4 Å². The molecule has 0 aliphatic rings. The maximum absolute atomic E-state index is 12.3. The van der Waals surface area contributed by atoms with Gasteiger partial charge >= 0.3 is 5.97 Å². The van der Waals surface area contributed by atoms with E-state index in [0.717, 1.165) is 11.3 Å². The molecule has 29 heavy (non-hydrogen) atoms. The van der Waals surface area contributed by atoms with Crippen LogP contribution in [0.2, 0.25) is 0 Å². The first-order chi connectivity index (χ1) is 14.0. The van der Waals surface area contributed by atoms with Crippen LogP contribution in [0.1, 0.15) is 23.9 Å². The molecule has 2 heterocycles. The molecule has 1 aromatic carbocycles. The lowest BCUT2D eigenvalue weighted by atomic mass is 10.2. The monoisotopic (exact) mass is 394 g/mol. The van der Waals surface area contributed by atoms with Crippen molar-refractivity contribution in [2.75, 3.05) is 13.7 Å². The molecular formula is C22H22N2O5. The lowest BCUT2D eigenvalue weighted by Gasteiger charge is -2.09. The topological polar surface area (TPSA) is 79.1 Å². The van der Waals surface area contributed by atoms with Crippen LogP contribution in [0.5, 0.6) is 11.5 Å². The molecule has 2 aromatic heterocycles. The number of hydrogen-bond donors (Lipinski definition) is 0. The summed E-state index contributed by atoms with van der Waals surface area (Å²) in [6.07, 6.45) is 2.94. The van der Waals surface area contributed by atoms with E-state index >= 15 is 0 Å². The Morgan fingerprint density at radius 3 is 2.76 bits per heavy atom. The van der Waals surface area contributed by atoms with E-state index in [9.17, 15) is 9.59 Å². The predicted octanol–water partition coefficient (Wildman–Crippen LogP) is 3.17. The molecule has 3 aromatic rings. The number of pyridine rings is 1. The van der Waals surface area contributed by atoms with Crippen LogP contribution < -0.4 is 15.0 Å². The first-order valence-electron chi connectivity index (χ1n) is 9.15. The Labute approximate surface area is 168 Å². The van der Waals surface area contributed by atoms with E-state index in [1.165, 1.54) is 16.5 Å². The molecule has 0 saturated heterocycles. The Balaban J connectivity index is 1.68. The highest BCUT2D eigenvalue weighted by atomic mass is 16.5. The van der Waals surface area contributed by atoms with Crippen LogP contribution in [0.25, 0.3) is 11.7 Å². The first kappa shape index (κ1) is 20.1. The maximum Gasteiger partial charge on any atom is 0.331 e. The lowest BCUT2D eigenvalue weighted by molar-refractivity contribution is -0.139. The smallest absolute Gasteiger partial charge is 0.331 e. The number of carbonyl (C=O) groups is 1. The highest BCUT2D eigenvalue weighted by Gasteiger charge is 2.07. The highest BCUT2D eigenvalue weighted by molar-refractivity contribution is 5.87. The number of benzene rings is 1. The fourth-order valence-electron chi connectivity index (χ4n) is 2.86. The van der Waals surface area contributed by atoms with Gasteiger partial charge in [-0.05, 0) is 49.8 Å². The number of esters is 1. The summed E-state index contributed by atoms with van der Waals surface area (Å²) in [5.74, 6) is 0.683. The van der Waals surface area contributed by atoms with Crippen molar-refractivity contribution in [3.63, 3.8) is 0 Å². The summed E-state index contributed by atoms with van der Waals surface area (Å²) in [7, 11) is 1.57. The van der Waals surface area contributed by atoms with Gasteiger partial charge < -0.3 is 14.2 Å². The lowest BCUT2D eigenvalue weighted by Crippen LogP contribution is -2.18. The van der Waals surface area contributed by atoms with Gasteiger partial charge in [-0.3, -0.25) is 9.20 Å². The minimum Gasteiger partial charge on any atom is -0.493 e. The summed E-state index contributed by atoms with van der Waals surface area (Å²) in [4.78, 5) is 28.7. The fourth-order valence-corrected chi connectivity index (χ4v) is 2.86. The SMILES string of the molecule is CCOc1cc(/C=C/C(=O)OCc2cc(=O)n3c(C)cccc3n2)ccc1OC. The number of fused-ring (bicyclic) bond motifs is 1. The van der Waals surface area contributed by atoms with Gasteiger partial charge in [0.2, 0.25) is 0 Å². The zero-order chi connectivity index (χ0) is 20.8. The van der Waals surface area contributed by atoms with E-state index in [-0.39, 0.29) is 12.2 Å². The third-order valence-electron chi connectivity index (χ3n) is 4.19. The summed E-state index contributed by atoms with van der Waals surface area (Å²) in [6, 6.07) is 12.1. The third-order valence-corrected chi connectivity index (χ3v) is 4.19. The summed E-state index contributed by atoms with van der Waals surface area (Å²) in [6.45, 7) is 4.13. The van der Waals surface area contributed by atoms with Gasteiger partial charge in [-0.25, -0.2) is 9.78 Å². The normalized spacial score (nSPS) is 11.0. The van der Waals surface area contributed by atoms with Gasteiger partial charge in [-0.15, -0.1) is 0 Å². The summed E-state index contributed by atoms with van der Waals surface area (Å²) in [5.41, 5.74) is 2.25. The van der Waals surface area contributed by atoms with Crippen molar-refractivity contribution < 1.29 is 19.0 Å². The van der Waals surface area contributed by atoms with Gasteiger partial charge in [-0.1, -0.05) is 12.1 Å². The van der Waals surface area contributed by atoms with Crippen molar-refractivity contribution in [1.82, 2.24) is 9.38 Å². The van der Waals surface area contributed by atoms with Gasteiger partial charge in [0, 0.05) is 17.8 Å². The molecule has 3 rings (SSSR count). The van der Waals surface area contributed by atoms with Crippen LogP contribution in [-0.2, 0) is 16.1 Å². The maximum atomic E-state index is 12.3. The average Bonchev–Trinajstić information content (AvgIpc) is 2.71. The van der Waals surface area contributed by atoms with Crippen molar-refractivity contribution in [2.24, 2.45) is 0 Å². The molecule has 0 unspecified atom stereocenters. The number of methoxy groups -OCH3 is 1. The number of rotatable bonds is 7. The Hall–Kier alpha value is -3.61. The predicted molar refractivity (Wildman–Crippen MR) is 109 cm³/mol. The standard InChI is InChI=1S/C22H22N2O5/c1-4-28-19-12-16(8-10-18(19)27-3)9-11-22(26)29-14-17-13-21(25)24-15(2)6-5-7-20(24)23-17/h5-13H,4,14H2,1-3H3/b11-9+. The second-order valence-electron chi connectivity index (χ2n) is 6.23. The second-order valence-corrected chi connectivity index (χ2v) is 6.23. The Morgan fingerprint density at radius 1 is 1.17 bits per heavy atom. The number of carbonyl (C=O) groups excluding carboxylic acids is 1. The molecule has 0 radical (unpaired) electrons. The zero-order valence-corrected chi connectivity index (χ0v) is 16.5. The van der Waals surface area contributed by atoms with E-state index < -0.39 is 5.97 Å². The number of ether oxygens (including phenoxy) is 3. The molecule has 0 fully saturated rings. The van der Waals surface area contributed by atoms with E-state index in [2.05, 4.69) is 4.98 Å². The number of aromatic nitrogens is 2. The van der Waals surface area contributed by atoms with Crippen LogP contribution in [0.3, 0.4) is 0 Å². The van der Waals surface area contributed by atoms with Crippen LogP contribution in [0.4, 0.5) is 0 Å². The average molecular weight is 394 g/mol. The molecule has 0 bridgehead atoms. The first-order valence-corrected chi connectivity index (χ1v) is 9.15. The molecule has 0 aliphatic carbocycles. The summed E-state index contributed by atoms with van der Waals surface area (Å²) < 4.78 is 17.5. The van der Waals surface area contributed by atoms with Crippen LogP contribution in [0.15, 0.2) is 53.3 Å². The summed E-state index contributed by atoms with van der Waals surface area (Å²) in [5, 5.41) is 0. The summed E-state index contributed by atoms with van der Waals surface area (Å²) >= 11 is 0. The van der Waals surface area contributed by atoms with Crippen LogP contribution >= 0.6 is 0 Å². The van der Waals surface area contributed by atoms with E-state index in [1.807, 2.05) is 26.0 Å². The van der Waals surface area contributed by atoms with E-state index in [4.69, 9.17) is 14.2 Å². The van der Waals surface area contributed by atoms with Gasteiger partial charge in [-0.2, -0.15) is 0 Å². The van der Waals surface area contributed by atoms with Gasteiger partial charge in [0.15, 0.2) is 11.5 Å². The number of aryl methyl sites for hydroxylation is 1. The van der Waals surface area contributed by atoms with Crippen molar-refractivity contribution >= 4 is 17.7 Å². The van der Waals surface area contributed by atoms with Gasteiger partial charge in [0.25, 0.3) is 5.56 Å². The number of nitrogens with zero attached hydrogens (tertiary/aromatic N) is 2. The molecule has 0 amide bonds. The molecule has 7 nitrogen and oxygen atoms in total. The molecule has 0 atom stereocenters. The molecule has 7 heteroatoms. The highest BCUT2D eigenvalue weighted by Crippen LogP contribution is 2.28. The second kappa shape index (κ2) is 9.05. The largest absolute Gasteiger partial charge is 0.493 e. The molecule has 0 aliphatic heterocycles. The van der Waals surface area contributed by atoms with Crippen molar-refractivity contribution in [3.8, 4) is 11.5 Å². The fraction of sp³-hybridized carbons (Fsp3) is 0.227. The quantitative estimate of drug-likeness (QED) is 0.452. The minimum absolute atomic E-state index is 0.0876. The molecule has 0 N–H and O–H groups in total. The van der Waals surface area contributed by atoms with Gasteiger partial charge in [0.1, 0.15) is 12.3 Å². The van der Waals surface area contributed by atoms with Crippen molar-refractivity contribution in [3.05, 3.63) is 75.8 Å². The third kappa shape index (κ3) is 4.82. The molecule has 0 spiro atoms.